The second-order valence-electron chi connectivity index (χ2n) is 3.64. The summed E-state index contributed by atoms with van der Waals surface area (Å²) in [4.78, 5) is 17.4. The zero-order valence-electron chi connectivity index (χ0n) is 9.92. The van der Waals surface area contributed by atoms with Crippen LogP contribution in [0.2, 0.25) is 0 Å². The minimum Gasteiger partial charge on any atom is -0.409 e. The highest BCUT2D eigenvalue weighted by Crippen LogP contribution is 2.03. The fourth-order valence-electron chi connectivity index (χ4n) is 1.36. The predicted molar refractivity (Wildman–Crippen MR) is 64.0 cm³/mol. The van der Waals surface area contributed by atoms with E-state index >= 15 is 0 Å². The van der Waals surface area contributed by atoms with Crippen molar-refractivity contribution in [3.63, 3.8) is 0 Å². The molecule has 17 heavy (non-hydrogen) atoms. The molecule has 0 aromatic carbocycles. The van der Waals surface area contributed by atoms with Gasteiger partial charge in [0.25, 0.3) is 5.91 Å². The van der Waals surface area contributed by atoms with Gasteiger partial charge in [0.1, 0.15) is 5.69 Å². The molecule has 0 saturated heterocycles. The average Bonchev–Trinajstić information content (AvgIpc) is 2.37. The fourth-order valence-corrected chi connectivity index (χ4v) is 1.36. The molecule has 0 aliphatic rings. The van der Waals surface area contributed by atoms with Crippen LogP contribution in [0.15, 0.2) is 23.5 Å². The number of amidine groups is 1. The monoisotopic (exact) mass is 236 g/mol. The zero-order chi connectivity index (χ0) is 12.8. The van der Waals surface area contributed by atoms with Gasteiger partial charge < -0.3 is 15.8 Å². The Hall–Kier alpha value is -2.11. The lowest BCUT2D eigenvalue weighted by molar-refractivity contribution is 0.0789. The molecule has 6 heteroatoms. The molecule has 1 rings (SSSR count). The van der Waals surface area contributed by atoms with Crippen molar-refractivity contribution in [1.82, 2.24) is 9.88 Å². The number of pyridine rings is 1. The Bertz CT molecular complexity index is 414. The third-order valence-corrected chi connectivity index (χ3v) is 2.29. The topological polar surface area (TPSA) is 91.8 Å². The van der Waals surface area contributed by atoms with Crippen molar-refractivity contribution < 1.29 is 10.0 Å². The van der Waals surface area contributed by atoms with Crippen LogP contribution < -0.4 is 5.73 Å². The van der Waals surface area contributed by atoms with Crippen LogP contribution in [0.1, 0.15) is 29.4 Å². The number of rotatable bonds is 4. The van der Waals surface area contributed by atoms with E-state index in [-0.39, 0.29) is 11.7 Å². The Morgan fingerprint density at radius 2 is 2.29 bits per heavy atom. The van der Waals surface area contributed by atoms with E-state index < -0.39 is 0 Å². The van der Waals surface area contributed by atoms with E-state index in [4.69, 9.17) is 10.9 Å². The fraction of sp³-hybridized carbons (Fsp3) is 0.364. The van der Waals surface area contributed by atoms with Gasteiger partial charge in [0.2, 0.25) is 0 Å². The van der Waals surface area contributed by atoms with Crippen LogP contribution >= 0.6 is 0 Å². The van der Waals surface area contributed by atoms with Crippen LogP contribution in [0.3, 0.4) is 0 Å². The number of carbonyl (C=O) groups excluding carboxylic acids is 1. The first-order valence-corrected chi connectivity index (χ1v) is 5.29. The van der Waals surface area contributed by atoms with Crippen molar-refractivity contribution in [2.75, 3.05) is 13.6 Å². The summed E-state index contributed by atoms with van der Waals surface area (Å²) >= 11 is 0. The number of nitrogens with two attached hydrogens (primary N) is 1. The minimum atomic E-state index is -0.141. The molecule has 0 saturated carbocycles. The first-order chi connectivity index (χ1) is 8.10. The molecule has 3 N–H and O–H groups in total. The molecule has 0 fully saturated rings. The predicted octanol–water partition coefficient (Wildman–Crippen LogP) is 0.658. The Labute approximate surface area is 99.7 Å². The summed E-state index contributed by atoms with van der Waals surface area (Å²) in [5.74, 6) is -0.170. The van der Waals surface area contributed by atoms with Gasteiger partial charge in [-0.05, 0) is 18.6 Å². The highest BCUT2D eigenvalue weighted by molar-refractivity contribution is 5.98. The van der Waals surface area contributed by atoms with E-state index in [9.17, 15) is 4.79 Å². The van der Waals surface area contributed by atoms with Gasteiger partial charge in [0.05, 0.1) is 0 Å². The summed E-state index contributed by atoms with van der Waals surface area (Å²) in [5.41, 5.74) is 6.21. The Morgan fingerprint density at radius 3 is 2.76 bits per heavy atom. The molecule has 1 aromatic rings. The molecule has 92 valence electrons. The van der Waals surface area contributed by atoms with Crippen molar-refractivity contribution in [3.05, 3.63) is 29.6 Å². The van der Waals surface area contributed by atoms with Crippen LogP contribution in [0, 0.1) is 0 Å². The van der Waals surface area contributed by atoms with Crippen molar-refractivity contribution in [1.29, 1.82) is 0 Å². The summed E-state index contributed by atoms with van der Waals surface area (Å²) in [7, 11) is 1.73. The van der Waals surface area contributed by atoms with Crippen molar-refractivity contribution in [3.8, 4) is 0 Å². The molecule has 6 nitrogen and oxygen atoms in total. The van der Waals surface area contributed by atoms with Crippen molar-refractivity contribution >= 4 is 11.7 Å². The molecule has 0 aliphatic carbocycles. The summed E-state index contributed by atoms with van der Waals surface area (Å²) in [6.45, 7) is 2.68. The van der Waals surface area contributed by atoms with Gasteiger partial charge in [-0.1, -0.05) is 12.1 Å². The minimum absolute atomic E-state index is 0.0292. The highest BCUT2D eigenvalue weighted by atomic mass is 16.4. The number of aromatic nitrogens is 1. The number of carbonyl (C=O) groups is 1. The molecule has 0 unspecified atom stereocenters. The summed E-state index contributed by atoms with van der Waals surface area (Å²) in [6, 6.07) is 3.15. The number of hydrogen-bond acceptors (Lipinski definition) is 4. The molecule has 0 spiro atoms. The number of hydrogen-bond donors (Lipinski definition) is 2. The van der Waals surface area contributed by atoms with E-state index in [1.807, 2.05) is 6.92 Å². The number of oxime groups is 1. The number of amides is 1. The molecular formula is C11H16N4O2. The summed E-state index contributed by atoms with van der Waals surface area (Å²) < 4.78 is 0. The standard InChI is InChI=1S/C11H16N4O2/c1-3-6-15(2)11(16)9-5-4-8(7-13-9)10(12)14-17/h4-5,7,17H,3,6H2,1-2H3,(H2,12,14). The number of nitrogens with zero attached hydrogens (tertiary/aromatic N) is 3. The Kier molecular flexibility index (Phi) is 4.45. The highest BCUT2D eigenvalue weighted by Gasteiger charge is 2.12. The van der Waals surface area contributed by atoms with Gasteiger partial charge in [-0.15, -0.1) is 0 Å². The third-order valence-electron chi connectivity index (χ3n) is 2.29. The molecule has 0 atom stereocenters. The van der Waals surface area contributed by atoms with E-state index in [2.05, 4.69) is 10.1 Å². The van der Waals surface area contributed by atoms with E-state index in [0.717, 1.165) is 6.42 Å². The summed E-state index contributed by atoms with van der Waals surface area (Å²) in [6.07, 6.45) is 2.30. The van der Waals surface area contributed by atoms with Gasteiger partial charge in [0, 0.05) is 25.4 Å². The Morgan fingerprint density at radius 1 is 1.59 bits per heavy atom. The van der Waals surface area contributed by atoms with Gasteiger partial charge in [-0.3, -0.25) is 9.78 Å². The lowest BCUT2D eigenvalue weighted by atomic mass is 10.2. The quantitative estimate of drug-likeness (QED) is 0.347. The maximum absolute atomic E-state index is 11.8. The molecule has 1 amide bonds. The normalized spacial score (nSPS) is 11.3. The van der Waals surface area contributed by atoms with Crippen molar-refractivity contribution in [2.45, 2.75) is 13.3 Å². The molecule has 0 aliphatic heterocycles. The van der Waals surface area contributed by atoms with E-state index in [0.29, 0.717) is 17.8 Å². The average molecular weight is 236 g/mol. The van der Waals surface area contributed by atoms with Gasteiger partial charge >= 0.3 is 0 Å². The maximum Gasteiger partial charge on any atom is 0.272 e. The van der Waals surface area contributed by atoms with Crippen LogP contribution in [-0.2, 0) is 0 Å². The first kappa shape index (κ1) is 13.0. The van der Waals surface area contributed by atoms with Crippen LogP contribution in [0.25, 0.3) is 0 Å². The van der Waals surface area contributed by atoms with Gasteiger partial charge in [-0.25, -0.2) is 0 Å². The maximum atomic E-state index is 11.8. The smallest absolute Gasteiger partial charge is 0.272 e. The zero-order valence-corrected chi connectivity index (χ0v) is 9.92. The first-order valence-electron chi connectivity index (χ1n) is 5.29. The second kappa shape index (κ2) is 5.83. The summed E-state index contributed by atoms with van der Waals surface area (Å²) in [5, 5.41) is 11.3. The van der Waals surface area contributed by atoms with Crippen LogP contribution in [0.4, 0.5) is 0 Å². The second-order valence-corrected chi connectivity index (χ2v) is 3.64. The van der Waals surface area contributed by atoms with Crippen LogP contribution in [0.5, 0.6) is 0 Å². The lowest BCUT2D eigenvalue weighted by Crippen LogP contribution is -2.28. The molecule has 0 bridgehead atoms. The van der Waals surface area contributed by atoms with Crippen LogP contribution in [-0.4, -0.2) is 40.4 Å². The van der Waals surface area contributed by atoms with Crippen molar-refractivity contribution in [2.24, 2.45) is 10.9 Å². The molecule has 1 aromatic heterocycles. The molecule has 1 heterocycles. The van der Waals surface area contributed by atoms with E-state index in [1.165, 1.54) is 6.20 Å². The molecule has 0 radical (unpaired) electrons. The lowest BCUT2D eigenvalue weighted by Gasteiger charge is -2.15. The Balaban J connectivity index is 2.84. The molecular weight excluding hydrogens is 220 g/mol. The third kappa shape index (κ3) is 3.17. The van der Waals surface area contributed by atoms with Gasteiger partial charge in [0.15, 0.2) is 5.84 Å². The largest absolute Gasteiger partial charge is 0.409 e. The van der Waals surface area contributed by atoms with E-state index in [1.54, 1.807) is 24.1 Å². The van der Waals surface area contributed by atoms with Gasteiger partial charge in [-0.2, -0.15) is 0 Å². The SMILES string of the molecule is CCCN(C)C(=O)c1ccc(C(N)=NO)cn1.